The van der Waals surface area contributed by atoms with Crippen molar-refractivity contribution in [1.82, 2.24) is 0 Å². The molecule has 0 atom stereocenters. The molecule has 0 radical (unpaired) electrons. The molecule has 0 aliphatic heterocycles. The first-order chi connectivity index (χ1) is 17.1. The summed E-state index contributed by atoms with van der Waals surface area (Å²) in [6.07, 6.45) is 4.79. The molecule has 0 heterocycles. The highest BCUT2D eigenvalue weighted by Gasteiger charge is 2.09. The molecule has 6 heteroatoms. The Bertz CT molecular complexity index is 1160. The van der Waals surface area contributed by atoms with Crippen molar-refractivity contribution >= 4 is 11.9 Å². The van der Waals surface area contributed by atoms with Crippen LogP contribution in [-0.4, -0.2) is 25.2 Å². The highest BCUT2D eigenvalue weighted by Crippen LogP contribution is 2.23. The minimum atomic E-state index is -0.445. The van der Waals surface area contributed by atoms with E-state index >= 15 is 0 Å². The number of esters is 2. The van der Waals surface area contributed by atoms with E-state index in [1.54, 1.807) is 48.5 Å². The quantitative estimate of drug-likeness (QED) is 0.138. The van der Waals surface area contributed by atoms with Crippen LogP contribution in [0.3, 0.4) is 0 Å². The maximum absolute atomic E-state index is 12.5. The third kappa shape index (κ3) is 8.17. The second-order valence-corrected chi connectivity index (χ2v) is 7.76. The van der Waals surface area contributed by atoms with E-state index in [0.29, 0.717) is 35.8 Å². The van der Waals surface area contributed by atoms with Crippen LogP contribution in [-0.2, 0) is 9.53 Å². The highest BCUT2D eigenvalue weighted by atomic mass is 16.5. The van der Waals surface area contributed by atoms with Gasteiger partial charge in [0.15, 0.2) is 0 Å². The van der Waals surface area contributed by atoms with Gasteiger partial charge in [0, 0.05) is 6.08 Å². The standard InChI is InChI=1S/C29H27NO5/c1-2-28(31)34-20-6-4-3-5-19-33-26-15-13-25(14-16-26)29(32)35-27-17-11-24(12-18-27)23-9-7-22(21-30)8-10-23/h2,7-18H,1,3-6,19-20H2. The molecule has 35 heavy (non-hydrogen) atoms. The van der Waals surface area contributed by atoms with Gasteiger partial charge in [0.2, 0.25) is 0 Å². The molecule has 0 N–H and O–H groups in total. The third-order valence-electron chi connectivity index (χ3n) is 5.22. The normalized spacial score (nSPS) is 10.1. The Morgan fingerprint density at radius 2 is 1.34 bits per heavy atom. The summed E-state index contributed by atoms with van der Waals surface area (Å²) in [5.74, 6) is 0.304. The van der Waals surface area contributed by atoms with E-state index in [-0.39, 0.29) is 0 Å². The Labute approximate surface area is 205 Å². The lowest BCUT2D eigenvalue weighted by molar-refractivity contribution is -0.137. The molecule has 0 aliphatic carbocycles. The highest BCUT2D eigenvalue weighted by molar-refractivity contribution is 5.91. The van der Waals surface area contributed by atoms with Crippen LogP contribution in [0.25, 0.3) is 11.1 Å². The van der Waals surface area contributed by atoms with Crippen LogP contribution in [0.15, 0.2) is 85.5 Å². The summed E-state index contributed by atoms with van der Waals surface area (Å²) in [6, 6.07) is 23.5. The number of nitriles is 1. The molecular formula is C29H27NO5. The minimum absolute atomic E-state index is 0.391. The number of nitrogens with zero attached hydrogens (tertiary/aromatic N) is 1. The Morgan fingerprint density at radius 3 is 1.94 bits per heavy atom. The molecule has 0 fully saturated rings. The van der Waals surface area contributed by atoms with Gasteiger partial charge in [-0.25, -0.2) is 9.59 Å². The van der Waals surface area contributed by atoms with Crippen LogP contribution in [0.2, 0.25) is 0 Å². The summed E-state index contributed by atoms with van der Waals surface area (Å²) in [4.78, 5) is 23.4. The van der Waals surface area contributed by atoms with Gasteiger partial charge < -0.3 is 14.2 Å². The molecule has 3 aromatic carbocycles. The molecule has 3 aromatic rings. The van der Waals surface area contributed by atoms with Crippen LogP contribution in [0.5, 0.6) is 11.5 Å². The zero-order valence-corrected chi connectivity index (χ0v) is 19.4. The predicted octanol–water partition coefficient (Wildman–Crippen LogP) is 6.11. The number of unbranched alkanes of at least 4 members (excludes halogenated alkanes) is 3. The van der Waals surface area contributed by atoms with E-state index in [0.717, 1.165) is 42.9 Å². The van der Waals surface area contributed by atoms with E-state index in [1.807, 2.05) is 24.3 Å². The van der Waals surface area contributed by atoms with Gasteiger partial charge in [-0.05, 0) is 85.3 Å². The lowest BCUT2D eigenvalue weighted by atomic mass is 10.0. The fourth-order valence-electron chi connectivity index (χ4n) is 3.29. The minimum Gasteiger partial charge on any atom is -0.494 e. The van der Waals surface area contributed by atoms with Crippen LogP contribution >= 0.6 is 0 Å². The molecule has 0 aromatic heterocycles. The number of benzene rings is 3. The van der Waals surface area contributed by atoms with Crippen molar-refractivity contribution in [2.45, 2.75) is 25.7 Å². The van der Waals surface area contributed by atoms with Crippen molar-refractivity contribution in [3.05, 3.63) is 96.6 Å². The molecule has 3 rings (SSSR count). The van der Waals surface area contributed by atoms with Gasteiger partial charge >= 0.3 is 11.9 Å². The summed E-state index contributed by atoms with van der Waals surface area (Å²) in [5, 5.41) is 8.91. The fraction of sp³-hybridized carbons (Fsp3) is 0.207. The van der Waals surface area contributed by atoms with Gasteiger partial charge in [0.05, 0.1) is 30.4 Å². The fourth-order valence-corrected chi connectivity index (χ4v) is 3.29. The average Bonchev–Trinajstić information content (AvgIpc) is 2.90. The smallest absolute Gasteiger partial charge is 0.343 e. The number of hydrogen-bond acceptors (Lipinski definition) is 6. The molecule has 178 valence electrons. The summed E-state index contributed by atoms with van der Waals surface area (Å²) in [7, 11) is 0. The monoisotopic (exact) mass is 469 g/mol. The lowest BCUT2D eigenvalue weighted by Crippen LogP contribution is -2.08. The molecular weight excluding hydrogens is 442 g/mol. The van der Waals surface area contributed by atoms with Crippen molar-refractivity contribution in [2.75, 3.05) is 13.2 Å². The van der Waals surface area contributed by atoms with Gasteiger partial charge in [0.25, 0.3) is 0 Å². The number of carbonyl (C=O) groups is 2. The number of rotatable bonds is 12. The van der Waals surface area contributed by atoms with Gasteiger partial charge in [-0.2, -0.15) is 5.26 Å². The topological polar surface area (TPSA) is 85.6 Å². The lowest BCUT2D eigenvalue weighted by Gasteiger charge is -2.08. The zero-order chi connectivity index (χ0) is 24.9. The van der Waals surface area contributed by atoms with Crippen molar-refractivity contribution in [3.8, 4) is 28.7 Å². The van der Waals surface area contributed by atoms with Crippen molar-refractivity contribution < 1.29 is 23.8 Å². The van der Waals surface area contributed by atoms with E-state index in [9.17, 15) is 9.59 Å². The van der Waals surface area contributed by atoms with Crippen molar-refractivity contribution in [1.29, 1.82) is 5.26 Å². The van der Waals surface area contributed by atoms with E-state index in [2.05, 4.69) is 12.6 Å². The van der Waals surface area contributed by atoms with Crippen molar-refractivity contribution in [3.63, 3.8) is 0 Å². The number of ether oxygens (including phenoxy) is 3. The first-order valence-corrected chi connectivity index (χ1v) is 11.4. The molecule has 0 amide bonds. The molecule has 6 nitrogen and oxygen atoms in total. The predicted molar refractivity (Wildman–Crippen MR) is 133 cm³/mol. The van der Waals surface area contributed by atoms with Crippen molar-refractivity contribution in [2.24, 2.45) is 0 Å². The Kier molecular flexibility index (Phi) is 9.64. The van der Waals surface area contributed by atoms with Gasteiger partial charge in [-0.1, -0.05) is 30.8 Å². The van der Waals surface area contributed by atoms with Crippen LogP contribution in [0.1, 0.15) is 41.6 Å². The molecule has 0 spiro atoms. The van der Waals surface area contributed by atoms with Gasteiger partial charge in [-0.15, -0.1) is 0 Å². The SMILES string of the molecule is C=CC(=O)OCCCCCCOc1ccc(C(=O)Oc2ccc(-c3ccc(C#N)cc3)cc2)cc1. The largest absolute Gasteiger partial charge is 0.494 e. The molecule has 0 bridgehead atoms. The Balaban J connectivity index is 1.39. The van der Waals surface area contributed by atoms with Crippen LogP contribution in [0.4, 0.5) is 0 Å². The van der Waals surface area contributed by atoms with Gasteiger partial charge in [-0.3, -0.25) is 0 Å². The summed E-state index contributed by atoms with van der Waals surface area (Å²) < 4.78 is 16.1. The summed E-state index contributed by atoms with van der Waals surface area (Å²) in [6.45, 7) is 4.33. The summed E-state index contributed by atoms with van der Waals surface area (Å²) >= 11 is 0. The molecule has 0 saturated heterocycles. The van der Waals surface area contributed by atoms with E-state index < -0.39 is 11.9 Å². The Hall–Kier alpha value is -4.37. The zero-order valence-electron chi connectivity index (χ0n) is 19.4. The Morgan fingerprint density at radius 1 is 0.771 bits per heavy atom. The summed E-state index contributed by atoms with van der Waals surface area (Å²) in [5.41, 5.74) is 2.98. The third-order valence-corrected chi connectivity index (χ3v) is 5.22. The van der Waals surface area contributed by atoms with Gasteiger partial charge in [0.1, 0.15) is 11.5 Å². The maximum Gasteiger partial charge on any atom is 0.343 e. The maximum atomic E-state index is 12.5. The van der Waals surface area contributed by atoms with Crippen LogP contribution in [0, 0.1) is 11.3 Å². The first-order valence-electron chi connectivity index (χ1n) is 11.4. The molecule has 0 aliphatic rings. The second kappa shape index (κ2) is 13.4. The first kappa shape index (κ1) is 25.3. The number of hydrogen-bond donors (Lipinski definition) is 0. The molecule has 0 saturated carbocycles. The number of carbonyl (C=O) groups excluding carboxylic acids is 2. The van der Waals surface area contributed by atoms with E-state index in [1.165, 1.54) is 0 Å². The van der Waals surface area contributed by atoms with E-state index in [4.69, 9.17) is 19.5 Å². The average molecular weight is 470 g/mol. The molecule has 0 unspecified atom stereocenters. The van der Waals surface area contributed by atoms with Crippen LogP contribution < -0.4 is 9.47 Å². The second-order valence-electron chi connectivity index (χ2n) is 7.76.